The van der Waals surface area contributed by atoms with Gasteiger partial charge < -0.3 is 0 Å². The van der Waals surface area contributed by atoms with E-state index in [1.54, 1.807) is 45.0 Å². The van der Waals surface area contributed by atoms with Crippen LogP contribution < -0.4 is 4.72 Å². The summed E-state index contributed by atoms with van der Waals surface area (Å²) < 4.78 is 27.4. The average Bonchev–Trinajstić information content (AvgIpc) is 2.45. The molecule has 0 amide bonds. The van der Waals surface area contributed by atoms with E-state index >= 15 is 0 Å². The predicted molar refractivity (Wildman–Crippen MR) is 88.6 cm³/mol. The number of hydrogen-bond acceptors (Lipinski definition) is 4. The first-order valence-electron chi connectivity index (χ1n) is 6.97. The van der Waals surface area contributed by atoms with Crippen LogP contribution in [-0.4, -0.2) is 18.9 Å². The first-order valence-corrected chi connectivity index (χ1v) is 8.46. The van der Waals surface area contributed by atoms with E-state index in [2.05, 4.69) is 4.72 Å². The zero-order valence-electron chi connectivity index (χ0n) is 13.1. The molecule has 0 aliphatic rings. The topological polar surface area (TPSA) is 89.3 Å². The molecule has 2 aromatic carbocycles. The first-order chi connectivity index (χ1) is 10.6. The Balaban J connectivity index is 2.45. The van der Waals surface area contributed by atoms with Crippen molar-refractivity contribution in [1.29, 1.82) is 0 Å². The monoisotopic (exact) mass is 334 g/mol. The molecule has 0 fully saturated rings. The van der Waals surface area contributed by atoms with Crippen LogP contribution in [0.2, 0.25) is 0 Å². The molecule has 0 saturated carbocycles. The molecule has 122 valence electrons. The number of nitrogens with zero attached hydrogens (tertiary/aromatic N) is 1. The molecule has 0 aromatic heterocycles. The van der Waals surface area contributed by atoms with Crippen LogP contribution in [0.4, 0.5) is 5.69 Å². The van der Waals surface area contributed by atoms with E-state index in [4.69, 9.17) is 0 Å². The summed E-state index contributed by atoms with van der Waals surface area (Å²) in [5, 5.41) is 10.9. The third-order valence-electron chi connectivity index (χ3n) is 2.98. The second-order valence-corrected chi connectivity index (χ2v) is 7.87. The van der Waals surface area contributed by atoms with Crippen LogP contribution in [0.5, 0.6) is 0 Å². The van der Waals surface area contributed by atoms with Gasteiger partial charge in [-0.15, -0.1) is 0 Å². The lowest BCUT2D eigenvalue weighted by Crippen LogP contribution is -2.40. The normalized spacial score (nSPS) is 12.1. The number of rotatable bonds is 4. The maximum atomic E-state index is 12.4. The summed E-state index contributed by atoms with van der Waals surface area (Å²) in [5.74, 6) is 0. The number of benzene rings is 2. The molecular formula is C16H18N2O4S. The van der Waals surface area contributed by atoms with Crippen molar-refractivity contribution in [3.05, 3.63) is 58.6 Å². The highest BCUT2D eigenvalue weighted by Crippen LogP contribution is 2.26. The highest BCUT2D eigenvalue weighted by atomic mass is 32.2. The highest BCUT2D eigenvalue weighted by molar-refractivity contribution is 7.89. The fourth-order valence-electron chi connectivity index (χ4n) is 2.10. The Bertz CT molecular complexity index is 839. The molecule has 2 aromatic rings. The smallest absolute Gasteiger partial charge is 0.258 e. The Kier molecular flexibility index (Phi) is 4.53. The Labute approximate surface area is 135 Å². The molecule has 0 unspecified atom stereocenters. The van der Waals surface area contributed by atoms with E-state index in [1.165, 1.54) is 24.3 Å². The van der Waals surface area contributed by atoms with Gasteiger partial charge in [0.2, 0.25) is 10.0 Å². The number of nitro groups is 1. The summed E-state index contributed by atoms with van der Waals surface area (Å²) in [5.41, 5.74) is 0.557. The van der Waals surface area contributed by atoms with Gasteiger partial charge in [-0.05, 0) is 44.0 Å². The van der Waals surface area contributed by atoms with Crippen LogP contribution >= 0.6 is 0 Å². The number of hydrogen-bond donors (Lipinski definition) is 1. The van der Waals surface area contributed by atoms with Crippen LogP contribution in [0.15, 0.2) is 53.4 Å². The Morgan fingerprint density at radius 3 is 2.13 bits per heavy atom. The molecule has 1 N–H and O–H groups in total. The SMILES string of the molecule is CC(C)(C)NS(=O)(=O)c1cccc(-c2cccc([N+](=O)[O-])c2)c1. The summed E-state index contributed by atoms with van der Waals surface area (Å²) in [4.78, 5) is 10.5. The van der Waals surface area contributed by atoms with Crippen molar-refractivity contribution >= 4 is 15.7 Å². The zero-order valence-corrected chi connectivity index (χ0v) is 13.9. The standard InChI is InChI=1S/C16H18N2O4S/c1-16(2,3)17-23(21,22)15-9-5-7-13(11-15)12-6-4-8-14(10-12)18(19)20/h4-11,17H,1-3H3. The van der Waals surface area contributed by atoms with Crippen molar-refractivity contribution in [3.8, 4) is 11.1 Å². The third kappa shape index (κ3) is 4.37. The van der Waals surface area contributed by atoms with Gasteiger partial charge in [0, 0.05) is 17.7 Å². The highest BCUT2D eigenvalue weighted by Gasteiger charge is 2.22. The zero-order chi connectivity index (χ0) is 17.3. The lowest BCUT2D eigenvalue weighted by atomic mass is 10.1. The van der Waals surface area contributed by atoms with Gasteiger partial charge in [-0.2, -0.15) is 0 Å². The van der Waals surface area contributed by atoms with Gasteiger partial charge in [-0.25, -0.2) is 13.1 Å². The van der Waals surface area contributed by atoms with Crippen LogP contribution in [0, 0.1) is 10.1 Å². The minimum absolute atomic E-state index is 0.0384. The van der Waals surface area contributed by atoms with E-state index in [-0.39, 0.29) is 10.6 Å². The van der Waals surface area contributed by atoms with Crippen molar-refractivity contribution in [2.75, 3.05) is 0 Å². The molecule has 0 spiro atoms. The van der Waals surface area contributed by atoms with Gasteiger partial charge >= 0.3 is 0 Å². The molecule has 23 heavy (non-hydrogen) atoms. The molecule has 0 heterocycles. The van der Waals surface area contributed by atoms with Crippen molar-refractivity contribution in [2.45, 2.75) is 31.2 Å². The minimum atomic E-state index is -3.66. The molecule has 0 aliphatic heterocycles. The Hall–Kier alpha value is -2.25. The molecule has 0 atom stereocenters. The number of non-ortho nitro benzene ring substituents is 1. The molecule has 7 heteroatoms. The third-order valence-corrected chi connectivity index (χ3v) is 4.73. The summed E-state index contributed by atoms with van der Waals surface area (Å²) >= 11 is 0. The van der Waals surface area contributed by atoms with E-state index in [1.807, 2.05) is 0 Å². The lowest BCUT2D eigenvalue weighted by Gasteiger charge is -2.20. The molecule has 0 radical (unpaired) electrons. The Morgan fingerprint density at radius 1 is 1.00 bits per heavy atom. The largest absolute Gasteiger partial charge is 0.270 e. The maximum absolute atomic E-state index is 12.4. The van der Waals surface area contributed by atoms with Crippen molar-refractivity contribution in [3.63, 3.8) is 0 Å². The van der Waals surface area contributed by atoms with Crippen molar-refractivity contribution in [1.82, 2.24) is 4.72 Å². The summed E-state index contributed by atoms with van der Waals surface area (Å²) in [6, 6.07) is 12.4. The van der Waals surface area contributed by atoms with Crippen LogP contribution in [0.25, 0.3) is 11.1 Å². The second-order valence-electron chi connectivity index (χ2n) is 6.19. The quantitative estimate of drug-likeness (QED) is 0.686. The fraction of sp³-hybridized carbons (Fsp3) is 0.250. The van der Waals surface area contributed by atoms with Gasteiger partial charge in [0.1, 0.15) is 0 Å². The van der Waals surface area contributed by atoms with Crippen LogP contribution in [-0.2, 0) is 10.0 Å². The molecule has 2 rings (SSSR count). The molecule has 0 aliphatic carbocycles. The van der Waals surface area contributed by atoms with E-state index in [0.717, 1.165) is 0 Å². The van der Waals surface area contributed by atoms with Gasteiger partial charge in [0.25, 0.3) is 5.69 Å². The average molecular weight is 334 g/mol. The summed E-state index contributed by atoms with van der Waals surface area (Å²) in [6.45, 7) is 5.28. The summed E-state index contributed by atoms with van der Waals surface area (Å²) in [7, 11) is -3.66. The maximum Gasteiger partial charge on any atom is 0.270 e. The van der Waals surface area contributed by atoms with E-state index in [9.17, 15) is 18.5 Å². The van der Waals surface area contributed by atoms with Crippen LogP contribution in [0.1, 0.15) is 20.8 Å². The first kappa shape index (κ1) is 17.1. The van der Waals surface area contributed by atoms with Gasteiger partial charge in [0.05, 0.1) is 9.82 Å². The van der Waals surface area contributed by atoms with E-state index in [0.29, 0.717) is 11.1 Å². The van der Waals surface area contributed by atoms with E-state index < -0.39 is 20.5 Å². The van der Waals surface area contributed by atoms with Crippen molar-refractivity contribution in [2.24, 2.45) is 0 Å². The summed E-state index contributed by atoms with van der Waals surface area (Å²) in [6.07, 6.45) is 0. The fourth-order valence-corrected chi connectivity index (χ4v) is 3.57. The van der Waals surface area contributed by atoms with Crippen LogP contribution in [0.3, 0.4) is 0 Å². The number of nitrogens with one attached hydrogen (secondary N) is 1. The second kappa shape index (κ2) is 6.10. The Morgan fingerprint density at radius 2 is 1.57 bits per heavy atom. The number of sulfonamides is 1. The molecule has 0 bridgehead atoms. The molecule has 0 saturated heterocycles. The number of nitro benzene ring substituents is 1. The van der Waals surface area contributed by atoms with Gasteiger partial charge in [0.15, 0.2) is 0 Å². The van der Waals surface area contributed by atoms with Crippen molar-refractivity contribution < 1.29 is 13.3 Å². The minimum Gasteiger partial charge on any atom is -0.258 e. The van der Waals surface area contributed by atoms with Gasteiger partial charge in [-0.1, -0.05) is 24.3 Å². The van der Waals surface area contributed by atoms with Gasteiger partial charge in [-0.3, -0.25) is 10.1 Å². The molecular weight excluding hydrogens is 316 g/mol. The predicted octanol–water partition coefficient (Wildman–Crippen LogP) is 3.34. The lowest BCUT2D eigenvalue weighted by molar-refractivity contribution is -0.384. The molecule has 6 nitrogen and oxygen atoms in total.